The Hall–Kier alpha value is -3.20. The molecule has 0 amide bonds. The van der Waals surface area contributed by atoms with Crippen LogP contribution in [0.4, 0.5) is 0 Å². The van der Waals surface area contributed by atoms with E-state index in [1.54, 1.807) is 21.3 Å². The van der Waals surface area contributed by atoms with Gasteiger partial charge < -0.3 is 14.2 Å². The Morgan fingerprint density at radius 3 is 1.78 bits per heavy atom. The van der Waals surface area contributed by atoms with Gasteiger partial charge in [0.25, 0.3) is 0 Å². The highest BCUT2D eigenvalue weighted by Gasteiger charge is 2.22. The van der Waals surface area contributed by atoms with E-state index in [2.05, 4.69) is 36.4 Å². The number of allylic oxidation sites excluding steroid dienone is 1. The van der Waals surface area contributed by atoms with Gasteiger partial charge in [0.15, 0.2) is 0 Å². The molecule has 3 heteroatoms. The summed E-state index contributed by atoms with van der Waals surface area (Å²) in [4.78, 5) is 0. The molecular weight excluding hydrogens is 336 g/mol. The molecule has 0 spiro atoms. The number of ether oxygens (including phenoxy) is 3. The van der Waals surface area contributed by atoms with Gasteiger partial charge in [-0.15, -0.1) is 0 Å². The van der Waals surface area contributed by atoms with E-state index in [9.17, 15) is 0 Å². The quantitative estimate of drug-likeness (QED) is 0.552. The van der Waals surface area contributed by atoms with E-state index >= 15 is 0 Å². The van der Waals surface area contributed by atoms with Crippen LogP contribution >= 0.6 is 0 Å². The highest BCUT2D eigenvalue weighted by molar-refractivity contribution is 5.60. The van der Waals surface area contributed by atoms with Gasteiger partial charge >= 0.3 is 0 Å². The first-order chi connectivity index (χ1) is 13.3. The zero-order chi connectivity index (χ0) is 19.1. The maximum absolute atomic E-state index is 5.69. The Bertz CT molecular complexity index is 861. The fourth-order valence-electron chi connectivity index (χ4n) is 3.15. The van der Waals surface area contributed by atoms with Gasteiger partial charge in [0, 0.05) is 23.6 Å². The van der Waals surface area contributed by atoms with Crippen molar-refractivity contribution in [2.75, 3.05) is 21.3 Å². The Balaban J connectivity index is 2.15. The molecule has 0 aliphatic heterocycles. The van der Waals surface area contributed by atoms with E-state index in [0.717, 1.165) is 28.2 Å². The van der Waals surface area contributed by atoms with E-state index in [-0.39, 0.29) is 5.92 Å². The van der Waals surface area contributed by atoms with Crippen molar-refractivity contribution in [1.82, 2.24) is 0 Å². The van der Waals surface area contributed by atoms with Crippen molar-refractivity contribution in [2.24, 2.45) is 0 Å². The van der Waals surface area contributed by atoms with Crippen LogP contribution in [0.2, 0.25) is 0 Å². The number of hydrogen-bond donors (Lipinski definition) is 0. The minimum absolute atomic E-state index is 0.0257. The molecule has 3 nitrogen and oxygen atoms in total. The van der Waals surface area contributed by atoms with E-state index in [4.69, 9.17) is 14.2 Å². The summed E-state index contributed by atoms with van der Waals surface area (Å²) in [7, 11) is 4.97. The lowest BCUT2D eigenvalue weighted by molar-refractivity contribution is 0.368. The summed E-state index contributed by atoms with van der Waals surface area (Å²) < 4.78 is 16.8. The van der Waals surface area contributed by atoms with Crippen LogP contribution in [0.3, 0.4) is 0 Å². The lowest BCUT2D eigenvalue weighted by Gasteiger charge is -2.21. The fourth-order valence-corrected chi connectivity index (χ4v) is 3.15. The summed E-state index contributed by atoms with van der Waals surface area (Å²) in [5.74, 6) is 2.14. The maximum Gasteiger partial charge on any atom is 0.130 e. The Morgan fingerprint density at radius 1 is 0.704 bits per heavy atom. The van der Waals surface area contributed by atoms with E-state index in [1.165, 1.54) is 0 Å². The molecule has 0 unspecified atom stereocenters. The normalized spacial score (nSPS) is 12.0. The average molecular weight is 360 g/mol. The van der Waals surface area contributed by atoms with Gasteiger partial charge in [-0.1, -0.05) is 72.8 Å². The second-order valence-corrected chi connectivity index (χ2v) is 6.10. The topological polar surface area (TPSA) is 27.7 Å². The van der Waals surface area contributed by atoms with Gasteiger partial charge in [-0.3, -0.25) is 0 Å². The molecule has 0 fully saturated rings. The molecule has 0 saturated heterocycles. The minimum Gasteiger partial charge on any atom is -0.496 e. The van der Waals surface area contributed by atoms with E-state index < -0.39 is 0 Å². The van der Waals surface area contributed by atoms with Gasteiger partial charge in [-0.2, -0.15) is 0 Å². The van der Waals surface area contributed by atoms with Crippen LogP contribution in [0.25, 0.3) is 6.08 Å². The first-order valence-electron chi connectivity index (χ1n) is 8.85. The molecule has 1 atom stereocenters. The Labute approximate surface area is 160 Å². The zero-order valence-electron chi connectivity index (χ0n) is 15.9. The van der Waals surface area contributed by atoms with Crippen molar-refractivity contribution < 1.29 is 14.2 Å². The molecule has 0 radical (unpaired) electrons. The molecule has 0 saturated carbocycles. The Morgan fingerprint density at radius 2 is 1.26 bits per heavy atom. The van der Waals surface area contributed by atoms with Gasteiger partial charge in [0.1, 0.15) is 17.2 Å². The fraction of sp³-hybridized carbons (Fsp3) is 0.167. The number of hydrogen-bond acceptors (Lipinski definition) is 3. The van der Waals surface area contributed by atoms with Gasteiger partial charge in [0.05, 0.1) is 21.3 Å². The zero-order valence-corrected chi connectivity index (χ0v) is 15.9. The molecule has 0 heterocycles. The van der Waals surface area contributed by atoms with Gasteiger partial charge in [-0.25, -0.2) is 0 Å². The number of methoxy groups -OCH3 is 3. The SMILES string of the molecule is COc1cc(OC)c([C@H](/C=C/c2ccccc2)c2ccccc2)c(OC)c1. The molecule has 0 aromatic heterocycles. The third kappa shape index (κ3) is 4.32. The molecular formula is C24H24O3. The van der Waals surface area contributed by atoms with Gasteiger partial charge in [0.2, 0.25) is 0 Å². The third-order valence-electron chi connectivity index (χ3n) is 4.50. The average Bonchev–Trinajstić information content (AvgIpc) is 2.75. The van der Waals surface area contributed by atoms with Crippen LogP contribution < -0.4 is 14.2 Å². The summed E-state index contributed by atoms with van der Waals surface area (Å²) in [6.45, 7) is 0. The molecule has 0 aliphatic rings. The summed E-state index contributed by atoms with van der Waals surface area (Å²) in [6, 6.07) is 24.4. The van der Waals surface area contributed by atoms with Crippen molar-refractivity contribution in [3.63, 3.8) is 0 Å². The molecule has 3 aromatic carbocycles. The third-order valence-corrected chi connectivity index (χ3v) is 4.50. The number of benzene rings is 3. The van der Waals surface area contributed by atoms with Crippen molar-refractivity contribution in [1.29, 1.82) is 0 Å². The summed E-state index contributed by atoms with van der Waals surface area (Å²) in [5.41, 5.74) is 3.27. The molecule has 3 aromatic rings. The van der Waals surface area contributed by atoms with E-state index in [0.29, 0.717) is 5.75 Å². The van der Waals surface area contributed by atoms with Crippen LogP contribution in [0.15, 0.2) is 78.9 Å². The first-order valence-corrected chi connectivity index (χ1v) is 8.85. The molecule has 0 bridgehead atoms. The molecule has 3 rings (SSSR count). The van der Waals surface area contributed by atoms with Crippen molar-refractivity contribution in [3.8, 4) is 17.2 Å². The number of rotatable bonds is 7. The van der Waals surface area contributed by atoms with Crippen molar-refractivity contribution >= 4 is 6.08 Å². The molecule has 27 heavy (non-hydrogen) atoms. The molecule has 0 aliphatic carbocycles. The largest absolute Gasteiger partial charge is 0.496 e. The van der Waals surface area contributed by atoms with Crippen LogP contribution in [0.5, 0.6) is 17.2 Å². The van der Waals surface area contributed by atoms with Gasteiger partial charge in [-0.05, 0) is 11.1 Å². The highest BCUT2D eigenvalue weighted by atomic mass is 16.5. The maximum atomic E-state index is 5.69. The predicted octanol–water partition coefficient (Wildman–Crippen LogP) is 5.56. The lowest BCUT2D eigenvalue weighted by Crippen LogP contribution is -2.04. The van der Waals surface area contributed by atoms with Crippen LogP contribution in [-0.2, 0) is 0 Å². The second kappa shape index (κ2) is 8.95. The van der Waals surface area contributed by atoms with E-state index in [1.807, 2.05) is 48.5 Å². The first kappa shape index (κ1) is 18.6. The lowest BCUT2D eigenvalue weighted by atomic mass is 9.88. The van der Waals surface area contributed by atoms with Crippen LogP contribution in [0.1, 0.15) is 22.6 Å². The smallest absolute Gasteiger partial charge is 0.130 e. The highest BCUT2D eigenvalue weighted by Crippen LogP contribution is 2.42. The summed E-state index contributed by atoms with van der Waals surface area (Å²) in [6.07, 6.45) is 4.30. The summed E-state index contributed by atoms with van der Waals surface area (Å²) >= 11 is 0. The summed E-state index contributed by atoms with van der Waals surface area (Å²) in [5, 5.41) is 0. The van der Waals surface area contributed by atoms with Crippen molar-refractivity contribution in [3.05, 3.63) is 95.6 Å². The molecule has 138 valence electrons. The monoisotopic (exact) mass is 360 g/mol. The van der Waals surface area contributed by atoms with Crippen LogP contribution in [0, 0.1) is 0 Å². The van der Waals surface area contributed by atoms with Crippen molar-refractivity contribution in [2.45, 2.75) is 5.92 Å². The Kier molecular flexibility index (Phi) is 6.16. The standard InChI is InChI=1S/C24H24O3/c1-25-20-16-22(26-2)24(23(17-20)27-3)21(19-12-8-5-9-13-19)15-14-18-10-6-4-7-11-18/h4-17,21H,1-3H3/b15-14+/t21-/m1/s1. The minimum atomic E-state index is -0.0257. The second-order valence-electron chi connectivity index (χ2n) is 6.10. The predicted molar refractivity (Wildman–Crippen MR) is 110 cm³/mol. The van der Waals surface area contributed by atoms with Crippen LogP contribution in [-0.4, -0.2) is 21.3 Å². The molecule has 0 N–H and O–H groups in total.